The Morgan fingerprint density at radius 1 is 1.00 bits per heavy atom. The summed E-state index contributed by atoms with van der Waals surface area (Å²) in [5.74, 6) is -3.40. The van der Waals surface area contributed by atoms with E-state index in [-0.39, 0.29) is 12.3 Å². The number of aliphatic hydroxyl groups excluding tert-OH is 1. The molecule has 0 radical (unpaired) electrons. The highest BCUT2D eigenvalue weighted by atomic mass is 16.4. The van der Waals surface area contributed by atoms with Gasteiger partial charge in [-0.2, -0.15) is 0 Å². The van der Waals surface area contributed by atoms with Gasteiger partial charge >= 0.3 is 5.97 Å². The first kappa shape index (κ1) is 26.3. The average Bonchev–Trinajstić information content (AvgIpc) is 3.30. The van der Waals surface area contributed by atoms with Crippen molar-refractivity contribution < 1.29 is 29.4 Å². The average molecular weight is 463 g/mol. The Morgan fingerprint density at radius 3 is 2.15 bits per heavy atom. The smallest absolute Gasteiger partial charge is 0.326 e. The van der Waals surface area contributed by atoms with Crippen LogP contribution in [-0.2, 0) is 25.6 Å². The van der Waals surface area contributed by atoms with Crippen LogP contribution in [-0.4, -0.2) is 70.7 Å². The molecule has 1 aliphatic rings. The summed E-state index contributed by atoms with van der Waals surface area (Å²) in [5.41, 5.74) is 0.807. The number of nitrogens with one attached hydrogen (secondary N) is 4. The molecule has 0 saturated carbocycles. The molecule has 0 bridgehead atoms. The minimum atomic E-state index is -1.39. The van der Waals surface area contributed by atoms with Crippen LogP contribution in [0.2, 0.25) is 0 Å². The number of hydrogen-bond donors (Lipinski definition) is 6. The number of hydrogen-bond acceptors (Lipinski definition) is 6. The molecule has 0 aliphatic carbocycles. The topological polar surface area (TPSA) is 157 Å². The Morgan fingerprint density at radius 2 is 1.64 bits per heavy atom. The summed E-state index contributed by atoms with van der Waals surface area (Å²) in [6, 6.07) is 5.15. The van der Waals surface area contributed by atoms with Crippen molar-refractivity contribution in [1.29, 1.82) is 0 Å². The largest absolute Gasteiger partial charge is 0.480 e. The van der Waals surface area contributed by atoms with Crippen LogP contribution in [0.5, 0.6) is 0 Å². The van der Waals surface area contributed by atoms with Crippen molar-refractivity contribution in [2.45, 2.75) is 70.3 Å². The van der Waals surface area contributed by atoms with Gasteiger partial charge in [-0.15, -0.1) is 0 Å². The Balaban J connectivity index is 2.16. The normalized spacial score (nSPS) is 19.2. The molecular formula is C23H34N4O6. The zero-order valence-corrected chi connectivity index (χ0v) is 19.2. The number of aliphatic hydroxyl groups is 1. The number of benzene rings is 1. The maximum atomic E-state index is 13.1. The fourth-order valence-electron chi connectivity index (χ4n) is 3.66. The summed E-state index contributed by atoms with van der Waals surface area (Å²) in [7, 11) is 0. The summed E-state index contributed by atoms with van der Waals surface area (Å²) < 4.78 is 0. The first-order chi connectivity index (χ1) is 15.6. The number of rotatable bonds is 11. The molecule has 1 aliphatic heterocycles. The van der Waals surface area contributed by atoms with Crippen molar-refractivity contribution in [2.75, 3.05) is 6.54 Å². The zero-order valence-electron chi connectivity index (χ0n) is 19.2. The molecule has 1 fully saturated rings. The molecule has 10 nitrogen and oxygen atoms in total. The predicted octanol–water partition coefficient (Wildman–Crippen LogP) is -0.443. The van der Waals surface area contributed by atoms with Gasteiger partial charge in [-0.3, -0.25) is 14.4 Å². The first-order valence-electron chi connectivity index (χ1n) is 11.2. The summed E-state index contributed by atoms with van der Waals surface area (Å²) in [6.07, 6.45) is 0.414. The van der Waals surface area contributed by atoms with Gasteiger partial charge in [0, 0.05) is 6.42 Å². The Bertz CT molecular complexity index is 824. The van der Waals surface area contributed by atoms with Gasteiger partial charge in [0.1, 0.15) is 18.1 Å². The molecule has 5 unspecified atom stereocenters. The van der Waals surface area contributed by atoms with Crippen LogP contribution in [0.25, 0.3) is 0 Å². The zero-order chi connectivity index (χ0) is 24.5. The molecule has 182 valence electrons. The molecule has 6 N–H and O–H groups in total. The summed E-state index contributed by atoms with van der Waals surface area (Å²) >= 11 is 0. The van der Waals surface area contributed by atoms with Crippen LogP contribution in [0.3, 0.4) is 0 Å². The highest BCUT2D eigenvalue weighted by molar-refractivity contribution is 5.94. The summed E-state index contributed by atoms with van der Waals surface area (Å²) in [4.78, 5) is 49.9. The van der Waals surface area contributed by atoms with Crippen LogP contribution >= 0.6 is 0 Å². The second-order valence-electron chi connectivity index (χ2n) is 8.70. The lowest BCUT2D eigenvalue weighted by Gasteiger charge is -2.27. The molecule has 0 aromatic heterocycles. The lowest BCUT2D eigenvalue weighted by Crippen LogP contribution is -2.60. The molecule has 1 heterocycles. The maximum absolute atomic E-state index is 13.1. The number of carboxylic acid groups (broad SMARTS) is 1. The van der Waals surface area contributed by atoms with Crippen LogP contribution in [0.15, 0.2) is 30.3 Å². The van der Waals surface area contributed by atoms with Gasteiger partial charge in [0.2, 0.25) is 17.7 Å². The van der Waals surface area contributed by atoms with E-state index in [9.17, 15) is 29.4 Å². The fraction of sp³-hybridized carbons (Fsp3) is 0.565. The fourth-order valence-corrected chi connectivity index (χ4v) is 3.66. The number of carboxylic acids is 1. The third-order valence-electron chi connectivity index (χ3n) is 5.59. The van der Waals surface area contributed by atoms with Crippen LogP contribution in [0.1, 0.15) is 39.2 Å². The van der Waals surface area contributed by atoms with Crippen molar-refractivity contribution in [3.05, 3.63) is 35.9 Å². The Kier molecular flexibility index (Phi) is 9.80. The van der Waals surface area contributed by atoms with Crippen molar-refractivity contribution in [2.24, 2.45) is 5.92 Å². The van der Waals surface area contributed by atoms with E-state index in [1.807, 2.05) is 30.3 Å². The molecule has 3 amide bonds. The van der Waals surface area contributed by atoms with E-state index in [0.29, 0.717) is 6.42 Å². The van der Waals surface area contributed by atoms with Crippen molar-refractivity contribution in [1.82, 2.24) is 21.3 Å². The minimum Gasteiger partial charge on any atom is -0.480 e. The van der Waals surface area contributed by atoms with E-state index in [2.05, 4.69) is 21.3 Å². The molecule has 1 saturated heterocycles. The molecule has 33 heavy (non-hydrogen) atoms. The molecule has 10 heteroatoms. The van der Waals surface area contributed by atoms with E-state index < -0.39 is 54.0 Å². The molecule has 0 spiro atoms. The van der Waals surface area contributed by atoms with E-state index >= 15 is 0 Å². The third-order valence-corrected chi connectivity index (χ3v) is 5.59. The lowest BCUT2D eigenvalue weighted by atomic mass is 10.0. The minimum absolute atomic E-state index is 0.184. The van der Waals surface area contributed by atoms with E-state index in [4.69, 9.17) is 0 Å². The molecule has 5 atom stereocenters. The molecule has 2 rings (SSSR count). The SMILES string of the molecule is CC(C)C(NC(=O)C(NC(=O)C(Cc1ccccc1)NC(=O)C1CCCN1)C(C)O)C(=O)O. The maximum Gasteiger partial charge on any atom is 0.326 e. The second-order valence-corrected chi connectivity index (χ2v) is 8.70. The number of carbonyl (C=O) groups excluding carboxylic acids is 3. The van der Waals surface area contributed by atoms with Gasteiger partial charge in [0.15, 0.2) is 0 Å². The van der Waals surface area contributed by atoms with E-state index in [1.54, 1.807) is 13.8 Å². The molecular weight excluding hydrogens is 428 g/mol. The van der Waals surface area contributed by atoms with Gasteiger partial charge < -0.3 is 31.5 Å². The Hall–Kier alpha value is -2.98. The van der Waals surface area contributed by atoms with Crippen molar-refractivity contribution >= 4 is 23.7 Å². The standard InChI is InChI=1S/C23H34N4O6/c1-13(2)18(23(32)33)26-22(31)19(14(3)28)27-21(30)17(12-15-8-5-4-6-9-15)25-20(29)16-10-7-11-24-16/h4-6,8-9,13-14,16-19,24,28H,7,10-12H2,1-3H3,(H,25,29)(H,26,31)(H,27,30)(H,32,33). The van der Waals surface area contributed by atoms with E-state index in [0.717, 1.165) is 18.5 Å². The summed E-state index contributed by atoms with van der Waals surface area (Å²) in [5, 5.41) is 30.1. The van der Waals surface area contributed by atoms with Crippen LogP contribution in [0.4, 0.5) is 0 Å². The second kappa shape index (κ2) is 12.3. The Labute approximate surface area is 193 Å². The van der Waals surface area contributed by atoms with Gasteiger partial charge in [-0.05, 0) is 37.8 Å². The number of aliphatic carboxylic acids is 1. The van der Waals surface area contributed by atoms with E-state index in [1.165, 1.54) is 6.92 Å². The highest BCUT2D eigenvalue weighted by Crippen LogP contribution is 2.09. The first-order valence-corrected chi connectivity index (χ1v) is 11.2. The van der Waals surface area contributed by atoms with Crippen molar-refractivity contribution in [3.8, 4) is 0 Å². The van der Waals surface area contributed by atoms with Gasteiger partial charge in [0.05, 0.1) is 12.1 Å². The predicted molar refractivity (Wildman–Crippen MR) is 121 cm³/mol. The van der Waals surface area contributed by atoms with Crippen molar-refractivity contribution in [3.63, 3.8) is 0 Å². The van der Waals surface area contributed by atoms with Gasteiger partial charge in [0.25, 0.3) is 0 Å². The third kappa shape index (κ3) is 7.83. The quantitative estimate of drug-likeness (QED) is 0.260. The lowest BCUT2D eigenvalue weighted by molar-refractivity contribution is -0.144. The molecule has 1 aromatic rings. The number of amides is 3. The monoisotopic (exact) mass is 462 g/mol. The number of carbonyl (C=O) groups is 4. The van der Waals surface area contributed by atoms with Gasteiger partial charge in [-0.1, -0.05) is 44.2 Å². The highest BCUT2D eigenvalue weighted by Gasteiger charge is 2.34. The van der Waals surface area contributed by atoms with Crippen LogP contribution < -0.4 is 21.3 Å². The van der Waals surface area contributed by atoms with Gasteiger partial charge in [-0.25, -0.2) is 4.79 Å². The summed E-state index contributed by atoms with van der Waals surface area (Å²) in [6.45, 7) is 5.32. The van der Waals surface area contributed by atoms with Crippen LogP contribution in [0, 0.1) is 5.92 Å². The molecule has 1 aromatic carbocycles.